The Morgan fingerprint density at radius 1 is 1.36 bits per heavy atom. The maximum atomic E-state index is 12.9. The van der Waals surface area contributed by atoms with Crippen molar-refractivity contribution in [3.63, 3.8) is 0 Å². The minimum atomic E-state index is -0.212. The lowest BCUT2D eigenvalue weighted by Gasteiger charge is -2.32. The van der Waals surface area contributed by atoms with E-state index in [1.54, 1.807) is 23.9 Å². The SMILES string of the molecule is Cn1ccnc1C1CCCN(C(=O)CCSCc2ccc(F)cc2)C1. The molecular formula is C19H24FN3OS. The summed E-state index contributed by atoms with van der Waals surface area (Å²) in [7, 11) is 2.01. The molecule has 25 heavy (non-hydrogen) atoms. The third-order valence-corrected chi connectivity index (χ3v) is 5.67. The van der Waals surface area contributed by atoms with Crippen molar-refractivity contribution in [2.75, 3.05) is 18.8 Å². The molecule has 1 saturated heterocycles. The van der Waals surface area contributed by atoms with Gasteiger partial charge in [0.05, 0.1) is 0 Å². The number of amides is 1. The average Bonchev–Trinajstić information content (AvgIpc) is 3.06. The first kappa shape index (κ1) is 18.0. The zero-order chi connectivity index (χ0) is 17.6. The van der Waals surface area contributed by atoms with Gasteiger partial charge in [-0.15, -0.1) is 0 Å². The topological polar surface area (TPSA) is 38.1 Å². The summed E-state index contributed by atoms with van der Waals surface area (Å²) in [5.41, 5.74) is 1.09. The zero-order valence-electron chi connectivity index (χ0n) is 14.5. The summed E-state index contributed by atoms with van der Waals surface area (Å²) in [5.74, 6) is 3.03. The van der Waals surface area contributed by atoms with E-state index in [0.717, 1.165) is 48.8 Å². The molecule has 4 nitrogen and oxygen atoms in total. The third kappa shape index (κ3) is 4.84. The molecule has 1 aromatic heterocycles. The number of imidazole rings is 1. The minimum Gasteiger partial charge on any atom is -0.342 e. The molecule has 3 rings (SSSR count). The van der Waals surface area contributed by atoms with Crippen LogP contribution in [0.3, 0.4) is 0 Å². The van der Waals surface area contributed by atoms with Crippen molar-refractivity contribution < 1.29 is 9.18 Å². The van der Waals surface area contributed by atoms with E-state index in [9.17, 15) is 9.18 Å². The molecule has 1 unspecified atom stereocenters. The number of nitrogens with zero attached hydrogens (tertiary/aromatic N) is 3. The van der Waals surface area contributed by atoms with Crippen molar-refractivity contribution in [2.24, 2.45) is 7.05 Å². The predicted octanol–water partition coefficient (Wildman–Crippen LogP) is 3.59. The van der Waals surface area contributed by atoms with Crippen molar-refractivity contribution in [2.45, 2.75) is 30.9 Å². The van der Waals surface area contributed by atoms with Crippen LogP contribution in [0.5, 0.6) is 0 Å². The van der Waals surface area contributed by atoms with E-state index in [4.69, 9.17) is 0 Å². The van der Waals surface area contributed by atoms with Gasteiger partial charge in [0.2, 0.25) is 5.91 Å². The van der Waals surface area contributed by atoms with Crippen LogP contribution >= 0.6 is 11.8 Å². The Morgan fingerprint density at radius 3 is 2.88 bits per heavy atom. The zero-order valence-corrected chi connectivity index (χ0v) is 15.3. The van der Waals surface area contributed by atoms with E-state index in [-0.39, 0.29) is 11.7 Å². The summed E-state index contributed by atoms with van der Waals surface area (Å²) < 4.78 is 14.9. The molecule has 2 aromatic rings. The number of carbonyl (C=O) groups is 1. The van der Waals surface area contributed by atoms with E-state index in [1.807, 2.05) is 24.3 Å². The summed E-state index contributed by atoms with van der Waals surface area (Å²) >= 11 is 1.72. The van der Waals surface area contributed by atoms with Gasteiger partial charge in [-0.25, -0.2) is 9.37 Å². The van der Waals surface area contributed by atoms with Crippen molar-refractivity contribution in [1.82, 2.24) is 14.5 Å². The number of rotatable bonds is 6. The van der Waals surface area contributed by atoms with Crippen LogP contribution in [0, 0.1) is 5.82 Å². The number of likely N-dealkylation sites (tertiary alicyclic amines) is 1. The Balaban J connectivity index is 1.43. The third-order valence-electron chi connectivity index (χ3n) is 4.64. The molecule has 1 aliphatic heterocycles. The fourth-order valence-corrected chi connectivity index (χ4v) is 4.16. The first-order valence-electron chi connectivity index (χ1n) is 8.70. The Labute approximate surface area is 152 Å². The van der Waals surface area contributed by atoms with Crippen molar-refractivity contribution in [1.29, 1.82) is 0 Å². The average molecular weight is 361 g/mol. The van der Waals surface area contributed by atoms with Gasteiger partial charge in [0, 0.05) is 56.4 Å². The van der Waals surface area contributed by atoms with Crippen molar-refractivity contribution >= 4 is 17.7 Å². The fourth-order valence-electron chi connectivity index (χ4n) is 3.27. The highest BCUT2D eigenvalue weighted by molar-refractivity contribution is 7.98. The summed E-state index contributed by atoms with van der Waals surface area (Å²) in [6.07, 6.45) is 6.46. The van der Waals surface area contributed by atoms with Crippen LogP contribution in [0.2, 0.25) is 0 Å². The maximum absolute atomic E-state index is 12.9. The second-order valence-corrected chi connectivity index (χ2v) is 7.61. The highest BCUT2D eigenvalue weighted by Gasteiger charge is 2.26. The van der Waals surface area contributed by atoms with Crippen molar-refractivity contribution in [3.8, 4) is 0 Å². The number of hydrogen-bond donors (Lipinski definition) is 0. The van der Waals surface area contributed by atoms with Gasteiger partial charge in [-0.3, -0.25) is 4.79 Å². The predicted molar refractivity (Wildman–Crippen MR) is 98.9 cm³/mol. The van der Waals surface area contributed by atoms with Gasteiger partial charge in [-0.2, -0.15) is 11.8 Å². The quantitative estimate of drug-likeness (QED) is 0.738. The van der Waals surface area contributed by atoms with Crippen LogP contribution in [0.25, 0.3) is 0 Å². The minimum absolute atomic E-state index is 0.212. The molecule has 1 atom stereocenters. The van der Waals surface area contributed by atoms with Crippen LogP contribution in [0.1, 0.15) is 36.6 Å². The molecule has 0 bridgehead atoms. The highest BCUT2D eigenvalue weighted by Crippen LogP contribution is 2.26. The first-order chi connectivity index (χ1) is 12.1. The lowest BCUT2D eigenvalue weighted by molar-refractivity contribution is -0.132. The highest BCUT2D eigenvalue weighted by atomic mass is 32.2. The van der Waals surface area contributed by atoms with Gasteiger partial charge in [-0.05, 0) is 30.5 Å². The van der Waals surface area contributed by atoms with Gasteiger partial charge in [0.1, 0.15) is 11.6 Å². The van der Waals surface area contributed by atoms with Crippen LogP contribution in [-0.4, -0.2) is 39.2 Å². The van der Waals surface area contributed by atoms with Crippen LogP contribution in [-0.2, 0) is 17.6 Å². The van der Waals surface area contributed by atoms with Gasteiger partial charge < -0.3 is 9.47 Å². The second-order valence-electron chi connectivity index (χ2n) is 6.50. The van der Waals surface area contributed by atoms with Gasteiger partial charge in [-0.1, -0.05) is 12.1 Å². The molecule has 0 spiro atoms. The summed E-state index contributed by atoms with van der Waals surface area (Å²) in [6.45, 7) is 1.62. The lowest BCUT2D eigenvalue weighted by atomic mass is 9.97. The lowest BCUT2D eigenvalue weighted by Crippen LogP contribution is -2.39. The Kier molecular flexibility index (Phi) is 6.13. The Bertz CT molecular complexity index is 701. The van der Waals surface area contributed by atoms with E-state index in [0.29, 0.717) is 12.3 Å². The van der Waals surface area contributed by atoms with Gasteiger partial charge in [0.25, 0.3) is 0 Å². The maximum Gasteiger partial charge on any atom is 0.223 e. The number of aryl methyl sites for hydroxylation is 1. The number of halogens is 1. The number of hydrogen-bond acceptors (Lipinski definition) is 3. The second kappa shape index (κ2) is 8.52. The Morgan fingerprint density at radius 2 is 2.16 bits per heavy atom. The van der Waals surface area contributed by atoms with Gasteiger partial charge >= 0.3 is 0 Å². The first-order valence-corrected chi connectivity index (χ1v) is 9.86. The van der Waals surface area contributed by atoms with E-state index in [1.165, 1.54) is 12.1 Å². The normalized spacial score (nSPS) is 17.7. The molecule has 0 radical (unpaired) electrons. The molecule has 1 aromatic carbocycles. The van der Waals surface area contributed by atoms with Crippen LogP contribution in [0.15, 0.2) is 36.7 Å². The molecule has 1 aliphatic rings. The largest absolute Gasteiger partial charge is 0.342 e. The summed E-state index contributed by atoms with van der Waals surface area (Å²) in [5, 5.41) is 0. The smallest absolute Gasteiger partial charge is 0.223 e. The molecule has 1 amide bonds. The van der Waals surface area contributed by atoms with E-state index < -0.39 is 0 Å². The summed E-state index contributed by atoms with van der Waals surface area (Å²) in [4.78, 5) is 18.9. The molecular weight excluding hydrogens is 337 g/mol. The molecule has 1 fully saturated rings. The number of benzene rings is 1. The van der Waals surface area contributed by atoms with Gasteiger partial charge in [0.15, 0.2) is 0 Å². The van der Waals surface area contributed by atoms with Crippen molar-refractivity contribution in [3.05, 3.63) is 53.9 Å². The number of carbonyl (C=O) groups excluding carboxylic acids is 1. The Hall–Kier alpha value is -1.82. The molecule has 0 aliphatic carbocycles. The fraction of sp³-hybridized carbons (Fsp3) is 0.474. The van der Waals surface area contributed by atoms with E-state index >= 15 is 0 Å². The van der Waals surface area contributed by atoms with Crippen LogP contribution < -0.4 is 0 Å². The molecule has 134 valence electrons. The number of piperidine rings is 1. The standard InChI is InChI=1S/C19H24FN3OS/c1-22-11-9-21-19(22)16-3-2-10-23(13-16)18(24)8-12-25-14-15-4-6-17(20)7-5-15/h4-7,9,11,16H,2-3,8,10,12-14H2,1H3. The number of aromatic nitrogens is 2. The number of thioether (sulfide) groups is 1. The molecule has 6 heteroatoms. The molecule has 2 heterocycles. The molecule has 0 saturated carbocycles. The van der Waals surface area contributed by atoms with E-state index in [2.05, 4.69) is 9.55 Å². The monoisotopic (exact) mass is 361 g/mol. The van der Waals surface area contributed by atoms with Crippen LogP contribution in [0.4, 0.5) is 4.39 Å². The summed E-state index contributed by atoms with van der Waals surface area (Å²) in [6, 6.07) is 6.55. The molecule has 0 N–H and O–H groups in total.